The van der Waals surface area contributed by atoms with Gasteiger partial charge in [-0.15, -0.1) is 0 Å². The summed E-state index contributed by atoms with van der Waals surface area (Å²) in [5.74, 6) is 0.411. The van der Waals surface area contributed by atoms with E-state index in [0.717, 1.165) is 12.8 Å². The van der Waals surface area contributed by atoms with E-state index in [9.17, 15) is 4.79 Å². The van der Waals surface area contributed by atoms with E-state index in [0.29, 0.717) is 18.4 Å². The van der Waals surface area contributed by atoms with Gasteiger partial charge in [-0.1, -0.05) is 18.6 Å². The smallest absolute Gasteiger partial charge is 0.303 e. The molecule has 0 radical (unpaired) electrons. The standard InChI is InChI=1S/C12H19NO2/c1-2-8-3-9-5-12(7-13,6-11(14)15)10(9)4-8/h4,9-10H,2-3,5-7,13H2,1H3,(H,14,15)/t9-,10-,12+/m1/s1. The molecule has 0 aliphatic heterocycles. The van der Waals surface area contributed by atoms with Gasteiger partial charge in [0.15, 0.2) is 0 Å². The van der Waals surface area contributed by atoms with Crippen LogP contribution in [0.25, 0.3) is 0 Å². The van der Waals surface area contributed by atoms with Gasteiger partial charge in [0, 0.05) is 0 Å². The lowest BCUT2D eigenvalue weighted by Crippen LogP contribution is -2.51. The molecule has 0 aromatic heterocycles. The van der Waals surface area contributed by atoms with Crippen LogP contribution in [-0.2, 0) is 4.79 Å². The molecular weight excluding hydrogens is 190 g/mol. The summed E-state index contributed by atoms with van der Waals surface area (Å²) in [4.78, 5) is 10.8. The molecule has 2 rings (SSSR count). The zero-order chi connectivity index (χ0) is 11.1. The molecule has 0 aromatic carbocycles. The summed E-state index contributed by atoms with van der Waals surface area (Å²) in [6.45, 7) is 2.67. The van der Waals surface area contributed by atoms with Gasteiger partial charge in [0.05, 0.1) is 6.42 Å². The summed E-state index contributed by atoms with van der Waals surface area (Å²) >= 11 is 0. The lowest BCUT2D eigenvalue weighted by atomic mass is 9.53. The average Bonchev–Trinajstić information content (AvgIpc) is 2.53. The van der Waals surface area contributed by atoms with Gasteiger partial charge in [-0.2, -0.15) is 0 Å². The van der Waals surface area contributed by atoms with E-state index in [2.05, 4.69) is 13.0 Å². The number of hydrogen-bond donors (Lipinski definition) is 2. The number of allylic oxidation sites excluding steroid dienone is 2. The number of carbonyl (C=O) groups is 1. The lowest BCUT2D eigenvalue weighted by molar-refractivity contribution is -0.144. The molecule has 2 aliphatic rings. The van der Waals surface area contributed by atoms with Crippen LogP contribution in [0.1, 0.15) is 32.6 Å². The Labute approximate surface area is 90.3 Å². The van der Waals surface area contributed by atoms with Crippen LogP contribution in [0, 0.1) is 17.3 Å². The molecule has 84 valence electrons. The molecule has 0 heterocycles. The third kappa shape index (κ3) is 1.59. The van der Waals surface area contributed by atoms with Crippen LogP contribution in [0.5, 0.6) is 0 Å². The van der Waals surface area contributed by atoms with Crippen LogP contribution in [0.3, 0.4) is 0 Å². The van der Waals surface area contributed by atoms with Crippen molar-refractivity contribution >= 4 is 5.97 Å². The van der Waals surface area contributed by atoms with Crippen molar-refractivity contribution in [3.63, 3.8) is 0 Å². The van der Waals surface area contributed by atoms with Crippen molar-refractivity contribution in [3.8, 4) is 0 Å². The van der Waals surface area contributed by atoms with E-state index < -0.39 is 5.97 Å². The third-order valence-electron chi connectivity index (χ3n) is 4.19. The Morgan fingerprint density at radius 3 is 3.00 bits per heavy atom. The largest absolute Gasteiger partial charge is 0.481 e. The lowest BCUT2D eigenvalue weighted by Gasteiger charge is -2.51. The molecule has 0 bridgehead atoms. The first-order chi connectivity index (χ1) is 7.11. The summed E-state index contributed by atoms with van der Waals surface area (Å²) in [7, 11) is 0. The Balaban J connectivity index is 2.11. The maximum absolute atomic E-state index is 10.8. The fraction of sp³-hybridized carbons (Fsp3) is 0.750. The summed E-state index contributed by atoms with van der Waals surface area (Å²) in [5.41, 5.74) is 7.13. The van der Waals surface area contributed by atoms with E-state index in [1.165, 1.54) is 12.0 Å². The van der Waals surface area contributed by atoms with E-state index in [4.69, 9.17) is 10.8 Å². The van der Waals surface area contributed by atoms with Crippen molar-refractivity contribution < 1.29 is 9.90 Å². The second-order valence-electron chi connectivity index (χ2n) is 5.01. The van der Waals surface area contributed by atoms with E-state index in [-0.39, 0.29) is 11.8 Å². The van der Waals surface area contributed by atoms with Crippen LogP contribution < -0.4 is 5.73 Å². The van der Waals surface area contributed by atoms with Crippen LogP contribution in [0.2, 0.25) is 0 Å². The van der Waals surface area contributed by atoms with Gasteiger partial charge in [0.2, 0.25) is 0 Å². The fourth-order valence-corrected chi connectivity index (χ4v) is 3.34. The van der Waals surface area contributed by atoms with Crippen LogP contribution >= 0.6 is 0 Å². The minimum Gasteiger partial charge on any atom is -0.481 e. The Morgan fingerprint density at radius 2 is 2.47 bits per heavy atom. The van der Waals surface area contributed by atoms with Gasteiger partial charge in [-0.3, -0.25) is 4.79 Å². The number of carboxylic acids is 1. The maximum Gasteiger partial charge on any atom is 0.303 e. The molecule has 0 aromatic rings. The average molecular weight is 209 g/mol. The van der Waals surface area contributed by atoms with Gasteiger partial charge >= 0.3 is 5.97 Å². The van der Waals surface area contributed by atoms with E-state index in [1.807, 2.05) is 0 Å². The Kier molecular flexibility index (Phi) is 2.59. The van der Waals surface area contributed by atoms with Gasteiger partial charge < -0.3 is 10.8 Å². The molecule has 2 aliphatic carbocycles. The van der Waals surface area contributed by atoms with E-state index >= 15 is 0 Å². The molecule has 3 heteroatoms. The predicted octanol–water partition coefficient (Wildman–Crippen LogP) is 1.78. The Morgan fingerprint density at radius 1 is 1.73 bits per heavy atom. The van der Waals surface area contributed by atoms with Crippen molar-refractivity contribution in [3.05, 3.63) is 11.6 Å². The minimum absolute atomic E-state index is 0.132. The van der Waals surface area contributed by atoms with Crippen LogP contribution in [0.15, 0.2) is 11.6 Å². The third-order valence-corrected chi connectivity index (χ3v) is 4.19. The molecule has 0 unspecified atom stereocenters. The molecule has 0 spiro atoms. The molecule has 3 atom stereocenters. The second kappa shape index (κ2) is 3.63. The number of carboxylic acid groups (broad SMARTS) is 1. The van der Waals surface area contributed by atoms with E-state index in [1.54, 1.807) is 0 Å². The minimum atomic E-state index is -0.711. The van der Waals surface area contributed by atoms with Gasteiger partial charge in [-0.25, -0.2) is 0 Å². The SMILES string of the molecule is CCC1=C[C@@H]2[C@H](C1)C[C@@]2(CN)CC(=O)O. The highest BCUT2D eigenvalue weighted by molar-refractivity contribution is 5.68. The first kappa shape index (κ1) is 10.7. The highest BCUT2D eigenvalue weighted by atomic mass is 16.4. The first-order valence-electron chi connectivity index (χ1n) is 5.72. The maximum atomic E-state index is 10.8. The van der Waals surface area contributed by atoms with Crippen LogP contribution in [-0.4, -0.2) is 17.6 Å². The molecule has 0 saturated heterocycles. The van der Waals surface area contributed by atoms with Gasteiger partial charge in [0.25, 0.3) is 0 Å². The first-order valence-corrected chi connectivity index (χ1v) is 5.72. The summed E-state index contributed by atoms with van der Waals surface area (Å²) in [6, 6.07) is 0. The Hall–Kier alpha value is -0.830. The second-order valence-corrected chi connectivity index (χ2v) is 5.01. The zero-order valence-electron chi connectivity index (χ0n) is 9.20. The molecule has 3 N–H and O–H groups in total. The van der Waals surface area contributed by atoms with Crippen molar-refractivity contribution in [2.75, 3.05) is 6.54 Å². The summed E-state index contributed by atoms with van der Waals surface area (Å²) in [6.07, 6.45) is 5.80. The topological polar surface area (TPSA) is 63.3 Å². The van der Waals surface area contributed by atoms with Crippen molar-refractivity contribution in [2.24, 2.45) is 23.0 Å². The highest BCUT2D eigenvalue weighted by Gasteiger charge is 2.54. The quantitative estimate of drug-likeness (QED) is 0.694. The zero-order valence-corrected chi connectivity index (χ0v) is 9.20. The molecule has 1 saturated carbocycles. The monoisotopic (exact) mass is 209 g/mol. The molecular formula is C12H19NO2. The number of fused-ring (bicyclic) bond motifs is 1. The normalized spacial score (nSPS) is 38.1. The van der Waals surface area contributed by atoms with Crippen molar-refractivity contribution in [2.45, 2.75) is 32.6 Å². The summed E-state index contributed by atoms with van der Waals surface area (Å²) < 4.78 is 0. The molecule has 3 nitrogen and oxygen atoms in total. The Bertz CT molecular complexity index is 311. The predicted molar refractivity (Wildman–Crippen MR) is 58.3 cm³/mol. The molecule has 0 amide bonds. The fourth-order valence-electron chi connectivity index (χ4n) is 3.34. The van der Waals surface area contributed by atoms with Crippen LogP contribution in [0.4, 0.5) is 0 Å². The number of hydrogen-bond acceptors (Lipinski definition) is 2. The highest BCUT2D eigenvalue weighted by Crippen LogP contribution is 2.59. The summed E-state index contributed by atoms with van der Waals surface area (Å²) in [5, 5.41) is 8.91. The van der Waals surface area contributed by atoms with Gasteiger partial charge in [0.1, 0.15) is 0 Å². The van der Waals surface area contributed by atoms with Crippen molar-refractivity contribution in [1.82, 2.24) is 0 Å². The molecule has 15 heavy (non-hydrogen) atoms. The number of rotatable bonds is 4. The molecule has 1 fully saturated rings. The van der Waals surface area contributed by atoms with Crippen molar-refractivity contribution in [1.29, 1.82) is 0 Å². The number of aliphatic carboxylic acids is 1. The van der Waals surface area contributed by atoms with Gasteiger partial charge in [-0.05, 0) is 43.1 Å². The number of nitrogens with two attached hydrogens (primary N) is 1.